The summed E-state index contributed by atoms with van der Waals surface area (Å²) in [4.78, 5) is 2.29. The lowest BCUT2D eigenvalue weighted by Crippen LogP contribution is -2.29. The monoisotopic (exact) mass is 199 g/mol. The topological polar surface area (TPSA) is 23.5 Å². The normalized spacial score (nSPS) is 11.0. The van der Waals surface area contributed by atoms with Crippen LogP contribution in [0.15, 0.2) is 0 Å². The van der Waals surface area contributed by atoms with Gasteiger partial charge in [-0.2, -0.15) is 0 Å². The molecule has 2 nitrogen and oxygen atoms in total. The van der Waals surface area contributed by atoms with Crippen molar-refractivity contribution in [2.45, 2.75) is 24.9 Å². The fraction of sp³-hybridized carbons (Fsp3) is 1.00. The standard InChI is InChI=1S/C8H17NOSi2/c10-6-5-9(3-1-7-11)4-2-8-12/h10H,1-8H2. The predicted octanol–water partition coefficient (Wildman–Crippen LogP) is 0.234. The highest BCUT2D eigenvalue weighted by atomic mass is 28.1. The molecule has 0 atom stereocenters. The number of aliphatic hydroxyl groups excluding tert-OH is 1. The first-order valence-corrected chi connectivity index (χ1v) is 5.89. The maximum absolute atomic E-state index is 8.77. The van der Waals surface area contributed by atoms with Crippen LogP contribution in [-0.4, -0.2) is 56.7 Å². The third-order valence-electron chi connectivity index (χ3n) is 1.72. The molecule has 0 bridgehead atoms. The van der Waals surface area contributed by atoms with Crippen LogP contribution in [0.2, 0.25) is 12.1 Å². The molecule has 0 heterocycles. The molecule has 6 radical (unpaired) electrons. The lowest BCUT2D eigenvalue weighted by molar-refractivity contribution is 0.196. The van der Waals surface area contributed by atoms with Crippen molar-refractivity contribution in [1.29, 1.82) is 0 Å². The number of hydrogen-bond acceptors (Lipinski definition) is 2. The van der Waals surface area contributed by atoms with Gasteiger partial charge in [0.25, 0.3) is 0 Å². The zero-order chi connectivity index (χ0) is 9.23. The molecule has 1 N–H and O–H groups in total. The maximum atomic E-state index is 8.77. The van der Waals surface area contributed by atoms with Crippen molar-refractivity contribution in [2.75, 3.05) is 26.2 Å². The van der Waals surface area contributed by atoms with Crippen molar-refractivity contribution in [3.05, 3.63) is 0 Å². The molecular weight excluding hydrogens is 182 g/mol. The van der Waals surface area contributed by atoms with Gasteiger partial charge in [0, 0.05) is 27.0 Å². The zero-order valence-corrected chi connectivity index (χ0v) is 9.55. The predicted molar refractivity (Wildman–Crippen MR) is 53.9 cm³/mol. The first kappa shape index (κ1) is 12.4. The number of rotatable bonds is 8. The van der Waals surface area contributed by atoms with Crippen LogP contribution in [0.25, 0.3) is 0 Å². The van der Waals surface area contributed by atoms with Gasteiger partial charge in [0.05, 0.1) is 6.61 Å². The van der Waals surface area contributed by atoms with Crippen molar-refractivity contribution < 1.29 is 5.11 Å². The zero-order valence-electron chi connectivity index (χ0n) is 7.55. The van der Waals surface area contributed by atoms with Crippen molar-refractivity contribution in [3.8, 4) is 0 Å². The molecule has 0 saturated carbocycles. The average Bonchev–Trinajstić information content (AvgIpc) is 2.10. The van der Waals surface area contributed by atoms with Crippen LogP contribution in [0.1, 0.15) is 12.8 Å². The Morgan fingerprint density at radius 3 is 1.75 bits per heavy atom. The van der Waals surface area contributed by atoms with Crippen LogP contribution < -0.4 is 0 Å². The molecule has 0 aliphatic rings. The fourth-order valence-electron chi connectivity index (χ4n) is 1.08. The summed E-state index contributed by atoms with van der Waals surface area (Å²) in [5.41, 5.74) is 0. The molecule has 0 spiro atoms. The Hall–Kier alpha value is 0.354. The number of hydrogen-bond donors (Lipinski definition) is 1. The minimum absolute atomic E-state index is 0.267. The van der Waals surface area contributed by atoms with Crippen LogP contribution >= 0.6 is 0 Å². The highest BCUT2D eigenvalue weighted by molar-refractivity contribution is 6.08. The summed E-state index contributed by atoms with van der Waals surface area (Å²) >= 11 is 0. The quantitative estimate of drug-likeness (QED) is 0.566. The summed E-state index contributed by atoms with van der Waals surface area (Å²) in [6.45, 7) is 3.23. The van der Waals surface area contributed by atoms with Crippen LogP contribution in [0.5, 0.6) is 0 Å². The summed E-state index contributed by atoms with van der Waals surface area (Å²) < 4.78 is 0. The average molecular weight is 199 g/mol. The van der Waals surface area contributed by atoms with E-state index in [2.05, 4.69) is 25.4 Å². The van der Waals surface area contributed by atoms with E-state index in [4.69, 9.17) is 5.11 Å². The van der Waals surface area contributed by atoms with E-state index in [1.807, 2.05) is 0 Å². The van der Waals surface area contributed by atoms with E-state index < -0.39 is 0 Å². The van der Waals surface area contributed by atoms with Crippen LogP contribution in [0.4, 0.5) is 0 Å². The third kappa shape index (κ3) is 7.03. The van der Waals surface area contributed by atoms with E-state index in [9.17, 15) is 0 Å². The number of aliphatic hydroxyl groups is 1. The van der Waals surface area contributed by atoms with Crippen molar-refractivity contribution >= 4 is 20.5 Å². The van der Waals surface area contributed by atoms with E-state index in [-0.39, 0.29) is 6.61 Å². The molecule has 0 aromatic heterocycles. The summed E-state index contributed by atoms with van der Waals surface area (Å²) in [6, 6.07) is 2.08. The van der Waals surface area contributed by atoms with Gasteiger partial charge >= 0.3 is 0 Å². The molecule has 0 saturated heterocycles. The minimum Gasteiger partial charge on any atom is -0.395 e. The van der Waals surface area contributed by atoms with Gasteiger partial charge in [0.1, 0.15) is 0 Å². The van der Waals surface area contributed by atoms with E-state index >= 15 is 0 Å². The second-order valence-electron chi connectivity index (χ2n) is 2.77. The van der Waals surface area contributed by atoms with E-state index in [1.54, 1.807) is 0 Å². The summed E-state index contributed by atoms with van der Waals surface area (Å²) in [6.07, 6.45) is 2.30. The Morgan fingerprint density at radius 2 is 1.42 bits per heavy atom. The van der Waals surface area contributed by atoms with Gasteiger partial charge in [-0.15, -0.1) is 0 Å². The Morgan fingerprint density at radius 1 is 0.917 bits per heavy atom. The summed E-state index contributed by atoms with van der Waals surface area (Å²) in [5, 5.41) is 8.77. The second-order valence-corrected chi connectivity index (χ2v) is 3.77. The first-order valence-electron chi connectivity index (χ1n) is 4.47. The van der Waals surface area contributed by atoms with Gasteiger partial charge < -0.3 is 10.0 Å². The summed E-state index contributed by atoms with van der Waals surface area (Å²) in [5.74, 6) is 0. The molecule has 12 heavy (non-hydrogen) atoms. The molecular formula is C8H17NOSi2. The van der Waals surface area contributed by atoms with E-state index in [0.29, 0.717) is 0 Å². The lowest BCUT2D eigenvalue weighted by Gasteiger charge is -2.20. The molecule has 0 aliphatic heterocycles. The Labute approximate surface area is 82.2 Å². The molecule has 0 fully saturated rings. The second kappa shape index (κ2) is 9.44. The highest BCUT2D eigenvalue weighted by Gasteiger charge is 2.01. The van der Waals surface area contributed by atoms with Gasteiger partial charge in [-0.05, 0) is 25.9 Å². The van der Waals surface area contributed by atoms with Crippen LogP contribution in [0.3, 0.4) is 0 Å². The van der Waals surface area contributed by atoms with Gasteiger partial charge in [-0.3, -0.25) is 0 Å². The van der Waals surface area contributed by atoms with Crippen molar-refractivity contribution in [1.82, 2.24) is 4.90 Å². The third-order valence-corrected chi connectivity index (χ3v) is 2.43. The van der Waals surface area contributed by atoms with E-state index in [1.165, 1.54) is 0 Å². The van der Waals surface area contributed by atoms with Crippen molar-refractivity contribution in [3.63, 3.8) is 0 Å². The number of nitrogens with zero attached hydrogens (tertiary/aromatic N) is 1. The van der Waals surface area contributed by atoms with Crippen LogP contribution in [0, 0.1) is 0 Å². The molecule has 0 aromatic carbocycles. The minimum atomic E-state index is 0.267. The molecule has 68 valence electrons. The van der Waals surface area contributed by atoms with Gasteiger partial charge in [0.2, 0.25) is 0 Å². The summed E-state index contributed by atoms with van der Waals surface area (Å²) in [7, 11) is 6.89. The highest BCUT2D eigenvalue weighted by Crippen LogP contribution is 1.97. The van der Waals surface area contributed by atoms with E-state index in [0.717, 1.165) is 44.6 Å². The van der Waals surface area contributed by atoms with Gasteiger partial charge in [0.15, 0.2) is 0 Å². The molecule has 0 aromatic rings. The Balaban J connectivity index is 3.40. The van der Waals surface area contributed by atoms with Gasteiger partial charge in [-0.25, -0.2) is 0 Å². The lowest BCUT2D eigenvalue weighted by atomic mass is 10.3. The SMILES string of the molecule is OCCN(CCC[Si])CCC[Si]. The smallest absolute Gasteiger partial charge is 0.0558 e. The Bertz CT molecular complexity index is 85.1. The largest absolute Gasteiger partial charge is 0.395 e. The molecule has 0 unspecified atom stereocenters. The van der Waals surface area contributed by atoms with Gasteiger partial charge in [-0.1, -0.05) is 12.1 Å². The first-order chi connectivity index (χ1) is 5.85. The maximum Gasteiger partial charge on any atom is 0.0558 e. The van der Waals surface area contributed by atoms with Crippen LogP contribution in [-0.2, 0) is 0 Å². The molecule has 0 rings (SSSR count). The Kier molecular flexibility index (Phi) is 9.72. The molecule has 4 heteroatoms. The molecule has 0 amide bonds. The fourth-order valence-corrected chi connectivity index (χ4v) is 1.40. The van der Waals surface area contributed by atoms with Crippen molar-refractivity contribution in [2.24, 2.45) is 0 Å². The molecule has 0 aliphatic carbocycles.